The molecule has 0 bridgehead atoms. The highest BCUT2D eigenvalue weighted by Crippen LogP contribution is 2.16. The molecule has 1 rings (SSSR count). The number of hydrogen-bond acceptors (Lipinski definition) is 4. The maximum Gasteiger partial charge on any atom is 0.110 e. The Hall–Kier alpha value is -0.450. The zero-order valence-corrected chi connectivity index (χ0v) is 9.24. The summed E-state index contributed by atoms with van der Waals surface area (Å²) >= 11 is 1.72. The Balaban J connectivity index is 2.35. The van der Waals surface area contributed by atoms with Crippen LogP contribution in [-0.2, 0) is 0 Å². The largest absolute Gasteiger partial charge is 0.318 e. The van der Waals surface area contributed by atoms with Crippen LogP contribution in [0.25, 0.3) is 0 Å². The smallest absolute Gasteiger partial charge is 0.110 e. The zero-order valence-electron chi connectivity index (χ0n) is 8.42. The lowest BCUT2D eigenvalue weighted by molar-refractivity contribution is 0.559. The van der Waals surface area contributed by atoms with Gasteiger partial charge in [-0.1, -0.05) is 0 Å². The minimum atomic E-state index is 0.368. The molecule has 1 heterocycles. The van der Waals surface area contributed by atoms with Crippen molar-refractivity contribution in [3.05, 3.63) is 16.1 Å². The summed E-state index contributed by atoms with van der Waals surface area (Å²) < 4.78 is 0. The van der Waals surface area contributed by atoms with E-state index in [-0.39, 0.29) is 0 Å². The van der Waals surface area contributed by atoms with E-state index >= 15 is 0 Å². The molecule has 3 nitrogen and oxygen atoms in total. The summed E-state index contributed by atoms with van der Waals surface area (Å²) in [6, 6.07) is 0.368. The van der Waals surface area contributed by atoms with Gasteiger partial charge in [-0.15, -0.1) is 11.3 Å². The fourth-order valence-corrected chi connectivity index (χ4v) is 1.90. The van der Waals surface area contributed by atoms with Crippen LogP contribution in [0, 0.1) is 6.92 Å². The minimum Gasteiger partial charge on any atom is -0.318 e. The molecule has 0 amide bonds. The van der Waals surface area contributed by atoms with E-state index in [1.165, 1.54) is 5.01 Å². The van der Waals surface area contributed by atoms with Crippen LogP contribution >= 0.6 is 11.3 Å². The van der Waals surface area contributed by atoms with Crippen LogP contribution in [-0.4, -0.2) is 25.1 Å². The summed E-state index contributed by atoms with van der Waals surface area (Å²) in [6.45, 7) is 6.15. The number of hydrogen-bond donors (Lipinski definition) is 2. The Labute approximate surface area is 83.6 Å². The van der Waals surface area contributed by atoms with E-state index in [0.29, 0.717) is 6.04 Å². The summed E-state index contributed by atoms with van der Waals surface area (Å²) in [5.74, 6) is 0. The van der Waals surface area contributed by atoms with Crippen molar-refractivity contribution in [2.24, 2.45) is 0 Å². The molecule has 1 aromatic rings. The van der Waals surface area contributed by atoms with Crippen LogP contribution in [0.5, 0.6) is 0 Å². The number of aromatic nitrogens is 1. The molecule has 1 atom stereocenters. The standard InChI is InChI=1S/C9H17N3S/c1-7-6-13-9(12-7)8(2)11-5-4-10-3/h6,8,10-11H,4-5H2,1-3H3. The molecule has 13 heavy (non-hydrogen) atoms. The molecule has 0 radical (unpaired) electrons. The van der Waals surface area contributed by atoms with Crippen LogP contribution in [0.1, 0.15) is 23.7 Å². The van der Waals surface area contributed by atoms with Crippen molar-refractivity contribution in [3.8, 4) is 0 Å². The quantitative estimate of drug-likeness (QED) is 0.702. The zero-order chi connectivity index (χ0) is 9.68. The molecule has 0 aliphatic heterocycles. The lowest BCUT2D eigenvalue weighted by Gasteiger charge is -2.10. The lowest BCUT2D eigenvalue weighted by atomic mass is 10.3. The van der Waals surface area contributed by atoms with E-state index < -0.39 is 0 Å². The van der Waals surface area contributed by atoms with E-state index in [4.69, 9.17) is 0 Å². The average molecular weight is 199 g/mol. The number of nitrogens with one attached hydrogen (secondary N) is 2. The Morgan fingerprint density at radius 2 is 2.31 bits per heavy atom. The third-order valence-electron chi connectivity index (χ3n) is 1.83. The van der Waals surface area contributed by atoms with Gasteiger partial charge in [0.1, 0.15) is 5.01 Å². The first-order chi connectivity index (χ1) is 6.24. The van der Waals surface area contributed by atoms with Gasteiger partial charge in [-0.3, -0.25) is 0 Å². The Morgan fingerprint density at radius 1 is 1.54 bits per heavy atom. The van der Waals surface area contributed by atoms with Gasteiger partial charge in [0.15, 0.2) is 0 Å². The minimum absolute atomic E-state index is 0.368. The van der Waals surface area contributed by atoms with Crippen molar-refractivity contribution in [2.75, 3.05) is 20.1 Å². The molecule has 74 valence electrons. The predicted octanol–water partition coefficient (Wildman–Crippen LogP) is 1.32. The summed E-state index contributed by atoms with van der Waals surface area (Å²) in [6.07, 6.45) is 0. The van der Waals surface area contributed by atoms with E-state index in [0.717, 1.165) is 18.8 Å². The van der Waals surface area contributed by atoms with Crippen molar-refractivity contribution in [2.45, 2.75) is 19.9 Å². The van der Waals surface area contributed by atoms with Crippen molar-refractivity contribution >= 4 is 11.3 Å². The molecule has 4 heteroatoms. The van der Waals surface area contributed by atoms with Gasteiger partial charge in [0.05, 0.1) is 6.04 Å². The van der Waals surface area contributed by atoms with Gasteiger partial charge < -0.3 is 10.6 Å². The number of rotatable bonds is 5. The molecule has 0 aliphatic carbocycles. The summed E-state index contributed by atoms with van der Waals surface area (Å²) in [7, 11) is 1.96. The highest BCUT2D eigenvalue weighted by Gasteiger charge is 2.07. The monoisotopic (exact) mass is 199 g/mol. The lowest BCUT2D eigenvalue weighted by Crippen LogP contribution is -2.27. The van der Waals surface area contributed by atoms with Crippen molar-refractivity contribution in [1.29, 1.82) is 0 Å². The molecule has 0 saturated carbocycles. The van der Waals surface area contributed by atoms with Crippen LogP contribution < -0.4 is 10.6 Å². The second-order valence-electron chi connectivity index (χ2n) is 3.11. The predicted molar refractivity (Wildman–Crippen MR) is 57.2 cm³/mol. The van der Waals surface area contributed by atoms with Crippen LogP contribution in [0.15, 0.2) is 5.38 Å². The third kappa shape index (κ3) is 3.42. The highest BCUT2D eigenvalue weighted by atomic mass is 32.1. The van der Waals surface area contributed by atoms with Gasteiger partial charge in [-0.2, -0.15) is 0 Å². The van der Waals surface area contributed by atoms with E-state index in [1.807, 2.05) is 14.0 Å². The molecule has 0 aromatic carbocycles. The summed E-state index contributed by atoms with van der Waals surface area (Å²) in [4.78, 5) is 4.42. The Morgan fingerprint density at radius 3 is 2.85 bits per heavy atom. The Kier molecular flexibility index (Phi) is 4.35. The first kappa shape index (κ1) is 10.6. The molecular weight excluding hydrogens is 182 g/mol. The molecule has 2 N–H and O–H groups in total. The van der Waals surface area contributed by atoms with E-state index in [2.05, 4.69) is 27.9 Å². The van der Waals surface area contributed by atoms with Crippen molar-refractivity contribution in [1.82, 2.24) is 15.6 Å². The van der Waals surface area contributed by atoms with Crippen LogP contribution in [0.3, 0.4) is 0 Å². The average Bonchev–Trinajstić information content (AvgIpc) is 2.52. The molecule has 0 saturated heterocycles. The first-order valence-electron chi connectivity index (χ1n) is 4.54. The highest BCUT2D eigenvalue weighted by molar-refractivity contribution is 7.09. The number of thiazole rings is 1. The number of aryl methyl sites for hydroxylation is 1. The van der Waals surface area contributed by atoms with E-state index in [9.17, 15) is 0 Å². The molecule has 1 aromatic heterocycles. The second kappa shape index (κ2) is 5.32. The van der Waals surface area contributed by atoms with Gasteiger partial charge in [0.2, 0.25) is 0 Å². The fraction of sp³-hybridized carbons (Fsp3) is 0.667. The summed E-state index contributed by atoms with van der Waals surface area (Å²) in [5.41, 5.74) is 1.11. The van der Waals surface area contributed by atoms with Crippen LogP contribution in [0.4, 0.5) is 0 Å². The van der Waals surface area contributed by atoms with Crippen molar-refractivity contribution in [3.63, 3.8) is 0 Å². The molecular formula is C9H17N3S. The fourth-order valence-electron chi connectivity index (χ4n) is 1.07. The van der Waals surface area contributed by atoms with Gasteiger partial charge in [0, 0.05) is 24.2 Å². The van der Waals surface area contributed by atoms with Crippen LogP contribution in [0.2, 0.25) is 0 Å². The van der Waals surface area contributed by atoms with Gasteiger partial charge in [0.25, 0.3) is 0 Å². The van der Waals surface area contributed by atoms with Gasteiger partial charge >= 0.3 is 0 Å². The third-order valence-corrected chi connectivity index (χ3v) is 2.98. The number of nitrogens with zero attached hydrogens (tertiary/aromatic N) is 1. The molecule has 0 spiro atoms. The first-order valence-corrected chi connectivity index (χ1v) is 5.42. The molecule has 0 aliphatic rings. The van der Waals surface area contributed by atoms with Gasteiger partial charge in [-0.05, 0) is 20.9 Å². The maximum absolute atomic E-state index is 4.42. The molecule has 1 unspecified atom stereocenters. The van der Waals surface area contributed by atoms with Gasteiger partial charge in [-0.25, -0.2) is 4.98 Å². The van der Waals surface area contributed by atoms with E-state index in [1.54, 1.807) is 11.3 Å². The maximum atomic E-state index is 4.42. The SMILES string of the molecule is CNCCNC(C)c1nc(C)cs1. The second-order valence-corrected chi connectivity index (χ2v) is 4.00. The topological polar surface area (TPSA) is 37.0 Å². The normalized spacial score (nSPS) is 13.2. The molecule has 0 fully saturated rings. The Bertz CT molecular complexity index is 247. The van der Waals surface area contributed by atoms with Crippen molar-refractivity contribution < 1.29 is 0 Å². The number of likely N-dealkylation sites (N-methyl/N-ethyl adjacent to an activating group) is 1. The summed E-state index contributed by atoms with van der Waals surface area (Å²) in [5, 5.41) is 9.76.